The van der Waals surface area contributed by atoms with Crippen molar-refractivity contribution in [2.45, 2.75) is 61.3 Å². The molecule has 0 aromatic heterocycles. The van der Waals surface area contributed by atoms with E-state index in [1.807, 2.05) is 0 Å². The Hall–Kier alpha value is -1.22. The van der Waals surface area contributed by atoms with Crippen LogP contribution in [0.2, 0.25) is 0 Å². The van der Waals surface area contributed by atoms with E-state index in [9.17, 15) is 0 Å². The molecule has 0 aromatic rings. The largest absolute Gasteiger partial charge is 0.120 e. The molecule has 0 spiro atoms. The third-order valence-corrected chi connectivity index (χ3v) is 4.24. The number of rotatable bonds is 8. The van der Waals surface area contributed by atoms with E-state index in [0.717, 1.165) is 12.8 Å². The number of hydrogen-bond donors (Lipinski definition) is 0. The predicted octanol–water partition coefficient (Wildman–Crippen LogP) is 6.41. The highest BCUT2D eigenvalue weighted by atomic mass is 14.1. The molecular weight excluding hydrogens is 252 g/mol. The zero-order valence-corrected chi connectivity index (χ0v) is 15.2. The molecule has 0 radical (unpaired) electrons. The van der Waals surface area contributed by atoms with Crippen LogP contribution in [0, 0.1) is 36.0 Å². The lowest BCUT2D eigenvalue weighted by Crippen LogP contribution is -2.05. The summed E-state index contributed by atoms with van der Waals surface area (Å²) >= 11 is 0. The molecule has 1 atom stereocenters. The second kappa shape index (κ2) is 9.67. The van der Waals surface area contributed by atoms with Gasteiger partial charge in [0.15, 0.2) is 0 Å². The minimum absolute atomic E-state index is 0.354. The highest BCUT2D eigenvalue weighted by Crippen LogP contribution is 2.24. The molecule has 0 heterocycles. The Labute approximate surface area is 133 Å². The van der Waals surface area contributed by atoms with Crippen molar-refractivity contribution in [1.82, 2.24) is 0 Å². The van der Waals surface area contributed by atoms with E-state index >= 15 is 0 Å². The predicted molar refractivity (Wildman–Crippen MR) is 97.1 cm³/mol. The standard InChI is InChI=1S/C21H34/c1-10-20(16(4)5)13-11-18(8)12-14-21(17(6)7)19(9)15(2)3/h1,12,14-17,20H,8,11,13H2,2-7,9H3/b14-12-,21-19+. The summed E-state index contributed by atoms with van der Waals surface area (Å²) < 4.78 is 0. The fraction of sp³-hybridized carbons (Fsp3) is 0.619. The van der Waals surface area contributed by atoms with Gasteiger partial charge in [-0.3, -0.25) is 0 Å². The smallest absolute Gasteiger partial charge is 0.0226 e. The van der Waals surface area contributed by atoms with Crippen molar-refractivity contribution in [3.05, 3.63) is 35.5 Å². The Bertz CT molecular complexity index is 421. The monoisotopic (exact) mass is 286 g/mol. The highest BCUT2D eigenvalue weighted by molar-refractivity contribution is 5.31. The molecule has 0 bridgehead atoms. The minimum Gasteiger partial charge on any atom is -0.120 e. The van der Waals surface area contributed by atoms with Gasteiger partial charge in [-0.15, -0.1) is 12.3 Å². The van der Waals surface area contributed by atoms with Crippen molar-refractivity contribution in [1.29, 1.82) is 0 Å². The quantitative estimate of drug-likeness (QED) is 0.357. The first-order valence-electron chi connectivity index (χ1n) is 8.23. The Morgan fingerprint density at radius 2 is 1.62 bits per heavy atom. The van der Waals surface area contributed by atoms with Gasteiger partial charge in [0.25, 0.3) is 0 Å². The maximum absolute atomic E-state index is 5.59. The van der Waals surface area contributed by atoms with Gasteiger partial charge >= 0.3 is 0 Å². The molecule has 0 rings (SSSR count). The normalized spacial score (nSPS) is 14.7. The highest BCUT2D eigenvalue weighted by Gasteiger charge is 2.10. The van der Waals surface area contributed by atoms with Gasteiger partial charge in [-0.1, -0.05) is 71.4 Å². The summed E-state index contributed by atoms with van der Waals surface area (Å²) in [4.78, 5) is 0. The summed E-state index contributed by atoms with van der Waals surface area (Å²) in [6.07, 6.45) is 12.0. The van der Waals surface area contributed by atoms with Crippen LogP contribution in [0.1, 0.15) is 61.3 Å². The van der Waals surface area contributed by atoms with Crippen LogP contribution >= 0.6 is 0 Å². The Kier molecular flexibility index (Phi) is 9.11. The van der Waals surface area contributed by atoms with E-state index < -0.39 is 0 Å². The molecule has 0 nitrogen and oxygen atoms in total. The second-order valence-corrected chi connectivity index (χ2v) is 7.00. The Morgan fingerprint density at radius 3 is 2.00 bits per heavy atom. The summed E-state index contributed by atoms with van der Waals surface area (Å²) in [7, 11) is 0. The number of terminal acetylenes is 1. The third kappa shape index (κ3) is 7.37. The lowest BCUT2D eigenvalue weighted by molar-refractivity contribution is 0.452. The molecule has 0 heteroatoms. The molecule has 0 amide bonds. The van der Waals surface area contributed by atoms with Crippen molar-refractivity contribution >= 4 is 0 Å². The fourth-order valence-corrected chi connectivity index (χ4v) is 2.35. The third-order valence-electron chi connectivity index (χ3n) is 4.24. The average Bonchev–Trinajstić information content (AvgIpc) is 2.38. The zero-order chi connectivity index (χ0) is 16.6. The van der Waals surface area contributed by atoms with Crippen LogP contribution in [0.5, 0.6) is 0 Å². The summed E-state index contributed by atoms with van der Waals surface area (Å²) in [5.41, 5.74) is 4.08. The minimum atomic E-state index is 0.354. The van der Waals surface area contributed by atoms with E-state index in [0.29, 0.717) is 23.7 Å². The van der Waals surface area contributed by atoms with E-state index in [2.05, 4.69) is 73.1 Å². The lowest BCUT2D eigenvalue weighted by atomic mass is 9.89. The molecule has 0 aliphatic rings. The molecule has 0 fully saturated rings. The number of hydrogen-bond acceptors (Lipinski definition) is 0. The van der Waals surface area contributed by atoms with Crippen molar-refractivity contribution < 1.29 is 0 Å². The molecule has 0 aliphatic carbocycles. The first kappa shape index (κ1) is 19.8. The fourth-order valence-electron chi connectivity index (χ4n) is 2.35. The summed E-state index contributed by atoms with van der Waals surface area (Å²) in [6.45, 7) is 19.8. The first-order chi connectivity index (χ1) is 9.70. The summed E-state index contributed by atoms with van der Waals surface area (Å²) in [5, 5.41) is 0. The second-order valence-electron chi connectivity index (χ2n) is 7.00. The van der Waals surface area contributed by atoms with Crippen LogP contribution in [0.3, 0.4) is 0 Å². The van der Waals surface area contributed by atoms with Gasteiger partial charge in [-0.2, -0.15) is 0 Å². The zero-order valence-electron chi connectivity index (χ0n) is 15.2. The maximum Gasteiger partial charge on any atom is 0.0226 e. The van der Waals surface area contributed by atoms with Crippen LogP contribution in [0.15, 0.2) is 35.5 Å². The van der Waals surface area contributed by atoms with E-state index in [1.165, 1.54) is 16.7 Å². The van der Waals surface area contributed by atoms with Gasteiger partial charge in [-0.25, -0.2) is 0 Å². The molecule has 118 valence electrons. The van der Waals surface area contributed by atoms with Gasteiger partial charge in [-0.05, 0) is 43.1 Å². The Morgan fingerprint density at radius 1 is 1.05 bits per heavy atom. The van der Waals surface area contributed by atoms with Crippen molar-refractivity contribution in [2.24, 2.45) is 23.7 Å². The molecule has 1 unspecified atom stereocenters. The average molecular weight is 287 g/mol. The van der Waals surface area contributed by atoms with Crippen molar-refractivity contribution in [3.8, 4) is 12.3 Å². The summed E-state index contributed by atoms with van der Waals surface area (Å²) in [6, 6.07) is 0. The molecule has 0 N–H and O–H groups in total. The number of allylic oxidation sites excluding steroid dienone is 5. The van der Waals surface area contributed by atoms with E-state index in [-0.39, 0.29) is 0 Å². The van der Waals surface area contributed by atoms with Crippen LogP contribution in [-0.2, 0) is 0 Å². The topological polar surface area (TPSA) is 0 Å². The summed E-state index contributed by atoms with van der Waals surface area (Å²) in [5.74, 6) is 4.93. The van der Waals surface area contributed by atoms with Crippen LogP contribution < -0.4 is 0 Å². The van der Waals surface area contributed by atoms with Crippen molar-refractivity contribution in [3.63, 3.8) is 0 Å². The molecule has 0 aliphatic heterocycles. The van der Waals surface area contributed by atoms with Crippen LogP contribution in [-0.4, -0.2) is 0 Å². The molecule has 0 saturated carbocycles. The van der Waals surface area contributed by atoms with Crippen molar-refractivity contribution in [2.75, 3.05) is 0 Å². The SMILES string of the molecule is C#CC(CCC(=C)/C=C\C(=C(\C)C(C)C)C(C)C)C(C)C. The maximum atomic E-state index is 5.59. The first-order valence-corrected chi connectivity index (χ1v) is 8.23. The van der Waals surface area contributed by atoms with Crippen LogP contribution in [0.4, 0.5) is 0 Å². The van der Waals surface area contributed by atoms with E-state index in [4.69, 9.17) is 6.42 Å². The van der Waals surface area contributed by atoms with E-state index in [1.54, 1.807) is 0 Å². The van der Waals surface area contributed by atoms with Crippen LogP contribution in [0.25, 0.3) is 0 Å². The molecule has 0 aromatic carbocycles. The molecule has 21 heavy (non-hydrogen) atoms. The van der Waals surface area contributed by atoms with Gasteiger partial charge in [0.05, 0.1) is 0 Å². The lowest BCUT2D eigenvalue weighted by Gasteiger charge is -2.16. The van der Waals surface area contributed by atoms with Gasteiger partial charge < -0.3 is 0 Å². The Balaban J connectivity index is 4.76. The molecular formula is C21H34. The van der Waals surface area contributed by atoms with Gasteiger partial charge in [0.2, 0.25) is 0 Å². The van der Waals surface area contributed by atoms with Gasteiger partial charge in [0, 0.05) is 5.92 Å². The molecule has 0 saturated heterocycles. The van der Waals surface area contributed by atoms with Gasteiger partial charge in [0.1, 0.15) is 0 Å².